The molecule has 0 aliphatic carbocycles. The van der Waals surface area contributed by atoms with Crippen molar-refractivity contribution in [3.05, 3.63) is 73.9 Å². The third-order valence-electron chi connectivity index (χ3n) is 3.22. The zero-order valence-corrected chi connectivity index (χ0v) is 11.4. The average Bonchev–Trinajstić information content (AvgIpc) is 2.43. The van der Waals surface area contributed by atoms with E-state index < -0.39 is 5.69 Å². The topological polar surface area (TPSA) is 54.9 Å². The van der Waals surface area contributed by atoms with E-state index in [0.29, 0.717) is 21.6 Å². The SMILES string of the molecule is Cc1cccc(-n2c(=O)[nH]c3ccccc3c2=O)c1Cl. The zero-order chi connectivity index (χ0) is 14.3. The Balaban J connectivity index is 2.46. The fourth-order valence-corrected chi connectivity index (χ4v) is 2.40. The van der Waals surface area contributed by atoms with Crippen molar-refractivity contribution in [2.45, 2.75) is 6.92 Å². The van der Waals surface area contributed by atoms with Crippen LogP contribution in [-0.4, -0.2) is 9.55 Å². The van der Waals surface area contributed by atoms with Crippen LogP contribution in [0.3, 0.4) is 0 Å². The molecule has 100 valence electrons. The van der Waals surface area contributed by atoms with E-state index in [9.17, 15) is 9.59 Å². The van der Waals surface area contributed by atoms with Crippen LogP contribution in [0.25, 0.3) is 16.6 Å². The van der Waals surface area contributed by atoms with Crippen LogP contribution in [0.15, 0.2) is 52.1 Å². The third-order valence-corrected chi connectivity index (χ3v) is 3.71. The van der Waals surface area contributed by atoms with Crippen molar-refractivity contribution in [1.29, 1.82) is 0 Å². The van der Waals surface area contributed by atoms with Crippen molar-refractivity contribution < 1.29 is 0 Å². The first kappa shape index (κ1) is 12.7. The second-order valence-corrected chi connectivity index (χ2v) is 4.90. The molecule has 0 saturated heterocycles. The van der Waals surface area contributed by atoms with E-state index in [4.69, 9.17) is 11.6 Å². The molecule has 0 radical (unpaired) electrons. The molecule has 0 spiro atoms. The Bertz CT molecular complexity index is 925. The maximum absolute atomic E-state index is 12.5. The first-order valence-corrected chi connectivity index (χ1v) is 6.47. The molecule has 20 heavy (non-hydrogen) atoms. The number of nitrogens with zero attached hydrogens (tertiary/aromatic N) is 1. The third kappa shape index (κ3) is 1.85. The molecule has 4 nitrogen and oxygen atoms in total. The normalized spacial score (nSPS) is 10.9. The van der Waals surface area contributed by atoms with E-state index in [1.165, 1.54) is 0 Å². The summed E-state index contributed by atoms with van der Waals surface area (Å²) in [6.07, 6.45) is 0. The van der Waals surface area contributed by atoms with Gasteiger partial charge in [0.2, 0.25) is 0 Å². The largest absolute Gasteiger partial charge is 0.333 e. The number of aryl methyl sites for hydroxylation is 1. The Morgan fingerprint density at radius 3 is 2.60 bits per heavy atom. The van der Waals surface area contributed by atoms with E-state index in [1.807, 2.05) is 13.0 Å². The lowest BCUT2D eigenvalue weighted by Crippen LogP contribution is -2.33. The summed E-state index contributed by atoms with van der Waals surface area (Å²) < 4.78 is 1.07. The number of fused-ring (bicyclic) bond motifs is 1. The first-order valence-electron chi connectivity index (χ1n) is 6.09. The summed E-state index contributed by atoms with van der Waals surface area (Å²) in [5.41, 5.74) is 0.841. The summed E-state index contributed by atoms with van der Waals surface area (Å²) in [6, 6.07) is 12.1. The smallest absolute Gasteiger partial charge is 0.306 e. The Hall–Kier alpha value is -2.33. The Morgan fingerprint density at radius 2 is 1.80 bits per heavy atom. The van der Waals surface area contributed by atoms with Gasteiger partial charge in [0.1, 0.15) is 0 Å². The lowest BCUT2D eigenvalue weighted by Gasteiger charge is -2.09. The highest BCUT2D eigenvalue weighted by Crippen LogP contribution is 2.22. The molecule has 0 aliphatic heterocycles. The lowest BCUT2D eigenvalue weighted by molar-refractivity contribution is 0.900. The van der Waals surface area contributed by atoms with E-state index in [-0.39, 0.29) is 5.56 Å². The van der Waals surface area contributed by atoms with Gasteiger partial charge in [0.05, 0.1) is 21.6 Å². The summed E-state index contributed by atoms with van der Waals surface area (Å²) in [4.78, 5) is 27.4. The van der Waals surface area contributed by atoms with Crippen molar-refractivity contribution in [3.63, 3.8) is 0 Å². The highest BCUT2D eigenvalue weighted by Gasteiger charge is 2.12. The van der Waals surface area contributed by atoms with E-state index in [1.54, 1.807) is 36.4 Å². The first-order chi connectivity index (χ1) is 9.59. The number of para-hydroxylation sites is 1. The summed E-state index contributed by atoms with van der Waals surface area (Å²) >= 11 is 6.21. The fraction of sp³-hybridized carbons (Fsp3) is 0.0667. The predicted molar refractivity (Wildman–Crippen MR) is 79.9 cm³/mol. The highest BCUT2D eigenvalue weighted by molar-refractivity contribution is 6.33. The number of hydrogen-bond donors (Lipinski definition) is 1. The minimum absolute atomic E-state index is 0.378. The molecular formula is C15H11ClN2O2. The number of aromatic amines is 1. The molecule has 3 rings (SSSR count). The number of aromatic nitrogens is 2. The van der Waals surface area contributed by atoms with E-state index in [0.717, 1.165) is 10.1 Å². The molecule has 1 heterocycles. The van der Waals surface area contributed by atoms with Gasteiger partial charge in [0.15, 0.2) is 0 Å². The van der Waals surface area contributed by atoms with Crippen LogP contribution in [0.5, 0.6) is 0 Å². The quantitative estimate of drug-likeness (QED) is 0.748. The Labute approximate surface area is 119 Å². The maximum Gasteiger partial charge on any atom is 0.333 e. The molecule has 0 atom stereocenters. The number of halogens is 1. The number of H-pyrrole nitrogens is 1. The van der Waals surface area contributed by atoms with Gasteiger partial charge >= 0.3 is 5.69 Å². The average molecular weight is 287 g/mol. The maximum atomic E-state index is 12.5. The van der Waals surface area contributed by atoms with Gasteiger partial charge in [0, 0.05) is 0 Å². The van der Waals surface area contributed by atoms with Crippen LogP contribution < -0.4 is 11.2 Å². The molecular weight excluding hydrogens is 276 g/mol. The second kappa shape index (κ2) is 4.65. The van der Waals surface area contributed by atoms with Crippen LogP contribution in [0.1, 0.15) is 5.56 Å². The predicted octanol–water partition coefficient (Wildman–Crippen LogP) is 2.64. The van der Waals surface area contributed by atoms with E-state index in [2.05, 4.69) is 4.98 Å². The number of benzene rings is 2. The summed E-state index contributed by atoms with van der Waals surface area (Å²) in [5.74, 6) is 0. The highest BCUT2D eigenvalue weighted by atomic mass is 35.5. The van der Waals surface area contributed by atoms with Crippen molar-refractivity contribution in [3.8, 4) is 5.69 Å². The molecule has 1 aromatic heterocycles. The molecule has 2 aromatic carbocycles. The molecule has 1 N–H and O–H groups in total. The Kier molecular flexibility index (Phi) is 2.95. The molecule has 0 unspecified atom stereocenters. The van der Waals surface area contributed by atoms with Crippen LogP contribution in [-0.2, 0) is 0 Å². The van der Waals surface area contributed by atoms with Gasteiger partial charge in [-0.2, -0.15) is 0 Å². The van der Waals surface area contributed by atoms with Crippen LogP contribution in [0.2, 0.25) is 5.02 Å². The van der Waals surface area contributed by atoms with Crippen LogP contribution in [0, 0.1) is 6.92 Å². The monoisotopic (exact) mass is 286 g/mol. The minimum Gasteiger partial charge on any atom is -0.306 e. The van der Waals surface area contributed by atoms with E-state index >= 15 is 0 Å². The molecule has 5 heteroatoms. The fourth-order valence-electron chi connectivity index (χ4n) is 2.19. The summed E-state index contributed by atoms with van der Waals surface area (Å²) in [6.45, 7) is 1.83. The number of nitrogens with one attached hydrogen (secondary N) is 1. The van der Waals surface area contributed by atoms with Crippen molar-refractivity contribution in [2.24, 2.45) is 0 Å². The molecule has 0 fully saturated rings. The molecule has 3 aromatic rings. The molecule has 0 amide bonds. The van der Waals surface area contributed by atoms with Gasteiger partial charge in [-0.05, 0) is 30.7 Å². The lowest BCUT2D eigenvalue weighted by atomic mass is 10.2. The van der Waals surface area contributed by atoms with Gasteiger partial charge in [0.25, 0.3) is 5.56 Å². The number of rotatable bonds is 1. The number of hydrogen-bond acceptors (Lipinski definition) is 2. The minimum atomic E-state index is -0.499. The zero-order valence-electron chi connectivity index (χ0n) is 10.7. The standard InChI is InChI=1S/C15H11ClN2O2/c1-9-5-4-8-12(13(9)16)18-14(19)10-6-2-3-7-11(10)17-15(18)20/h2-8H,1H3,(H,17,20). The molecule has 0 bridgehead atoms. The van der Waals surface area contributed by atoms with Gasteiger partial charge < -0.3 is 4.98 Å². The molecule has 0 saturated carbocycles. The van der Waals surface area contributed by atoms with Gasteiger partial charge in [-0.1, -0.05) is 35.9 Å². The van der Waals surface area contributed by atoms with Crippen molar-refractivity contribution >= 4 is 22.5 Å². The Morgan fingerprint density at radius 1 is 1.05 bits per heavy atom. The summed E-state index contributed by atoms with van der Waals surface area (Å²) in [7, 11) is 0. The van der Waals surface area contributed by atoms with Gasteiger partial charge in [-0.25, -0.2) is 9.36 Å². The van der Waals surface area contributed by atoms with Crippen LogP contribution >= 0.6 is 11.6 Å². The second-order valence-electron chi connectivity index (χ2n) is 4.52. The molecule has 0 aliphatic rings. The van der Waals surface area contributed by atoms with Crippen LogP contribution in [0.4, 0.5) is 0 Å². The van der Waals surface area contributed by atoms with Gasteiger partial charge in [-0.15, -0.1) is 0 Å². The summed E-state index contributed by atoms with van der Waals surface area (Å²) in [5, 5.41) is 0.847. The van der Waals surface area contributed by atoms with Crippen molar-refractivity contribution in [1.82, 2.24) is 9.55 Å². The van der Waals surface area contributed by atoms with Gasteiger partial charge in [-0.3, -0.25) is 4.79 Å². The van der Waals surface area contributed by atoms with Crippen molar-refractivity contribution in [2.75, 3.05) is 0 Å².